The van der Waals surface area contributed by atoms with Gasteiger partial charge in [0, 0.05) is 18.4 Å². The molecule has 1 N–H and O–H groups in total. The van der Waals surface area contributed by atoms with E-state index in [9.17, 15) is 9.59 Å². The van der Waals surface area contributed by atoms with Gasteiger partial charge in [0.2, 0.25) is 0 Å². The molecule has 3 aromatic rings. The fourth-order valence-electron chi connectivity index (χ4n) is 4.09. The van der Waals surface area contributed by atoms with Gasteiger partial charge in [0.05, 0.1) is 12.8 Å². The van der Waals surface area contributed by atoms with Crippen molar-refractivity contribution in [1.29, 1.82) is 0 Å². The molecule has 7 nitrogen and oxygen atoms in total. The molecule has 4 rings (SSSR count). The second kappa shape index (κ2) is 9.06. The molecule has 35 heavy (non-hydrogen) atoms. The fraction of sp³-hybridized carbons (Fsp3) is 0.321. The van der Waals surface area contributed by atoms with Crippen LogP contribution in [0.15, 0.2) is 66.9 Å². The molecular weight excluding hydrogens is 440 g/mol. The molecule has 1 fully saturated rings. The van der Waals surface area contributed by atoms with Crippen molar-refractivity contribution in [2.24, 2.45) is 0 Å². The molecule has 2 heterocycles. The number of nitrogens with one attached hydrogen (secondary N) is 1. The van der Waals surface area contributed by atoms with E-state index in [1.165, 1.54) is 4.90 Å². The second-order valence-corrected chi connectivity index (χ2v) is 10.3. The summed E-state index contributed by atoms with van der Waals surface area (Å²) in [6, 6.07) is 18.6. The first-order chi connectivity index (χ1) is 16.5. The Labute approximate surface area is 206 Å². The van der Waals surface area contributed by atoms with Crippen molar-refractivity contribution in [3.05, 3.63) is 78.0 Å². The largest absolute Gasteiger partial charge is 0.497 e. The van der Waals surface area contributed by atoms with E-state index >= 15 is 0 Å². The monoisotopic (exact) mass is 472 g/mol. The summed E-state index contributed by atoms with van der Waals surface area (Å²) in [5.74, 6) is 1.18. The first-order valence-corrected chi connectivity index (χ1v) is 11.6. The zero-order valence-corrected chi connectivity index (χ0v) is 21.1. The number of carbonyl (C=O) groups is 2. The van der Waals surface area contributed by atoms with Gasteiger partial charge in [-0.05, 0) is 78.9 Å². The Morgan fingerprint density at radius 3 is 2.23 bits per heavy atom. The third kappa shape index (κ3) is 4.85. The SMILES string of the molecule is COc1ccc(Nc2cc(CN3C(=O)N(c4ccc(C(C)(C)C)cc4)C(=O)C3(C)C)ccn2)cc1. The standard InChI is InChI=1S/C28H32N4O3/c1-27(2,3)20-7-11-22(12-8-20)32-25(33)28(4,5)31(26(32)34)18-19-15-16-29-24(17-19)30-21-9-13-23(35-6)14-10-21/h7-17H,18H2,1-6H3,(H,29,30). The van der Waals surface area contributed by atoms with Crippen LogP contribution in [-0.4, -0.2) is 34.5 Å². The van der Waals surface area contributed by atoms with E-state index in [2.05, 4.69) is 31.1 Å². The fourth-order valence-corrected chi connectivity index (χ4v) is 4.09. The van der Waals surface area contributed by atoms with E-state index in [4.69, 9.17) is 4.74 Å². The Morgan fingerprint density at radius 1 is 0.971 bits per heavy atom. The molecule has 0 saturated carbocycles. The molecule has 3 amide bonds. The second-order valence-electron chi connectivity index (χ2n) is 10.3. The molecule has 0 atom stereocenters. The van der Waals surface area contributed by atoms with E-state index in [1.54, 1.807) is 32.1 Å². The normalized spacial score (nSPS) is 15.5. The Balaban J connectivity index is 1.54. The number of pyridine rings is 1. The smallest absolute Gasteiger partial charge is 0.332 e. The van der Waals surface area contributed by atoms with Gasteiger partial charge in [-0.3, -0.25) is 4.79 Å². The maximum absolute atomic E-state index is 13.4. The van der Waals surface area contributed by atoms with Gasteiger partial charge in [0.1, 0.15) is 17.1 Å². The van der Waals surface area contributed by atoms with E-state index in [1.807, 2.05) is 60.7 Å². The Bertz CT molecular complexity index is 1230. The Morgan fingerprint density at radius 2 is 1.63 bits per heavy atom. The lowest BCUT2D eigenvalue weighted by Gasteiger charge is -2.27. The number of benzene rings is 2. The van der Waals surface area contributed by atoms with Gasteiger partial charge < -0.3 is 15.0 Å². The summed E-state index contributed by atoms with van der Waals surface area (Å²) in [5.41, 5.74) is 2.47. The molecule has 0 bridgehead atoms. The molecule has 1 aliphatic rings. The summed E-state index contributed by atoms with van der Waals surface area (Å²) in [5, 5.41) is 3.27. The number of hydrogen-bond donors (Lipinski definition) is 1. The Kier molecular flexibility index (Phi) is 6.28. The molecule has 1 aliphatic heterocycles. The van der Waals surface area contributed by atoms with Crippen LogP contribution < -0.4 is 15.0 Å². The highest BCUT2D eigenvalue weighted by Gasteiger charge is 2.51. The van der Waals surface area contributed by atoms with Crippen LogP contribution in [0, 0.1) is 0 Å². The average molecular weight is 473 g/mol. The molecule has 0 spiro atoms. The number of amides is 3. The highest BCUT2D eigenvalue weighted by atomic mass is 16.5. The number of imide groups is 1. The number of methoxy groups -OCH3 is 1. The Hall–Kier alpha value is -3.87. The quantitative estimate of drug-likeness (QED) is 0.454. The summed E-state index contributed by atoms with van der Waals surface area (Å²) in [7, 11) is 1.63. The minimum absolute atomic E-state index is 0.0121. The van der Waals surface area contributed by atoms with Crippen molar-refractivity contribution in [2.75, 3.05) is 17.3 Å². The third-order valence-corrected chi connectivity index (χ3v) is 6.34. The van der Waals surface area contributed by atoms with Crippen LogP contribution in [0.2, 0.25) is 0 Å². The number of hydrogen-bond acceptors (Lipinski definition) is 5. The van der Waals surface area contributed by atoms with E-state index in [0.717, 1.165) is 22.6 Å². The predicted octanol–water partition coefficient (Wildman–Crippen LogP) is 5.88. The van der Waals surface area contributed by atoms with Crippen LogP contribution in [0.1, 0.15) is 45.7 Å². The lowest BCUT2D eigenvalue weighted by molar-refractivity contribution is -0.123. The molecular formula is C28H32N4O3. The number of anilines is 3. The topological polar surface area (TPSA) is 74.8 Å². The summed E-state index contributed by atoms with van der Waals surface area (Å²) < 4.78 is 5.20. The summed E-state index contributed by atoms with van der Waals surface area (Å²) >= 11 is 0. The van der Waals surface area contributed by atoms with Crippen LogP contribution in [0.5, 0.6) is 5.75 Å². The van der Waals surface area contributed by atoms with Crippen LogP contribution in [0.25, 0.3) is 0 Å². The van der Waals surface area contributed by atoms with Crippen molar-refractivity contribution in [1.82, 2.24) is 9.88 Å². The first-order valence-electron chi connectivity index (χ1n) is 11.6. The van der Waals surface area contributed by atoms with Crippen LogP contribution in [0.3, 0.4) is 0 Å². The van der Waals surface area contributed by atoms with Gasteiger partial charge >= 0.3 is 6.03 Å². The molecule has 182 valence electrons. The lowest BCUT2D eigenvalue weighted by atomic mass is 9.87. The maximum atomic E-state index is 13.4. The number of rotatable bonds is 6. The number of urea groups is 1. The van der Waals surface area contributed by atoms with Gasteiger partial charge in [0.25, 0.3) is 5.91 Å². The molecule has 7 heteroatoms. The minimum Gasteiger partial charge on any atom is -0.497 e. The zero-order valence-electron chi connectivity index (χ0n) is 21.1. The van der Waals surface area contributed by atoms with E-state index < -0.39 is 5.54 Å². The van der Waals surface area contributed by atoms with Gasteiger partial charge in [-0.2, -0.15) is 0 Å². The molecule has 0 aliphatic carbocycles. The van der Waals surface area contributed by atoms with Gasteiger partial charge in [-0.1, -0.05) is 32.9 Å². The van der Waals surface area contributed by atoms with Crippen LogP contribution in [-0.2, 0) is 16.8 Å². The molecule has 1 saturated heterocycles. The number of aromatic nitrogens is 1. The third-order valence-electron chi connectivity index (χ3n) is 6.34. The van der Waals surface area contributed by atoms with Crippen molar-refractivity contribution in [3.63, 3.8) is 0 Å². The molecule has 2 aromatic carbocycles. The van der Waals surface area contributed by atoms with Gasteiger partial charge in [-0.15, -0.1) is 0 Å². The number of carbonyl (C=O) groups excluding carboxylic acids is 2. The summed E-state index contributed by atoms with van der Waals surface area (Å²) in [4.78, 5) is 34.0. The number of ether oxygens (including phenoxy) is 1. The van der Waals surface area contributed by atoms with Crippen LogP contribution in [0.4, 0.5) is 22.0 Å². The molecule has 1 aromatic heterocycles. The highest BCUT2D eigenvalue weighted by molar-refractivity contribution is 6.22. The van der Waals surface area contributed by atoms with Gasteiger partial charge in [0.15, 0.2) is 0 Å². The van der Waals surface area contributed by atoms with E-state index in [0.29, 0.717) is 11.5 Å². The van der Waals surface area contributed by atoms with Crippen molar-refractivity contribution in [2.45, 2.75) is 52.1 Å². The van der Waals surface area contributed by atoms with Gasteiger partial charge in [-0.25, -0.2) is 14.7 Å². The molecule has 0 radical (unpaired) electrons. The average Bonchev–Trinajstić information content (AvgIpc) is 2.98. The molecule has 0 unspecified atom stereocenters. The van der Waals surface area contributed by atoms with Crippen molar-refractivity contribution < 1.29 is 14.3 Å². The zero-order chi connectivity index (χ0) is 25.4. The highest BCUT2D eigenvalue weighted by Crippen LogP contribution is 2.34. The maximum Gasteiger partial charge on any atom is 0.332 e. The van der Waals surface area contributed by atoms with E-state index in [-0.39, 0.29) is 23.9 Å². The summed E-state index contributed by atoms with van der Waals surface area (Å²) in [6.45, 7) is 10.2. The van der Waals surface area contributed by atoms with Crippen LogP contribution >= 0.6 is 0 Å². The number of nitrogens with zero attached hydrogens (tertiary/aromatic N) is 3. The minimum atomic E-state index is -0.980. The predicted molar refractivity (Wildman–Crippen MR) is 138 cm³/mol. The van der Waals surface area contributed by atoms with Crippen molar-refractivity contribution in [3.8, 4) is 5.75 Å². The lowest BCUT2D eigenvalue weighted by Crippen LogP contribution is -2.43. The summed E-state index contributed by atoms with van der Waals surface area (Å²) in [6.07, 6.45) is 1.69. The first kappa shape index (κ1) is 24.3. The van der Waals surface area contributed by atoms with Crippen molar-refractivity contribution >= 4 is 29.1 Å².